The fourth-order valence-corrected chi connectivity index (χ4v) is 5.74. The van der Waals surface area contributed by atoms with E-state index in [2.05, 4.69) is 0 Å². The molecule has 0 N–H and O–H groups in total. The van der Waals surface area contributed by atoms with E-state index in [1.807, 2.05) is 20.8 Å². The van der Waals surface area contributed by atoms with E-state index < -0.39 is 17.1 Å². The number of thioether (sulfide) groups is 2. The molecule has 2 saturated heterocycles. The highest BCUT2D eigenvalue weighted by Crippen LogP contribution is 2.54. The Kier molecular flexibility index (Phi) is 5.22. The quantitative estimate of drug-likeness (QED) is 0.424. The summed E-state index contributed by atoms with van der Waals surface area (Å²) in [4.78, 5) is 37.3. The summed E-state index contributed by atoms with van der Waals surface area (Å²) in [5, 5.41) is -0.116. The van der Waals surface area contributed by atoms with E-state index in [1.54, 1.807) is 44.4 Å². The van der Waals surface area contributed by atoms with Gasteiger partial charge in [-0.25, -0.2) is 4.79 Å². The lowest BCUT2D eigenvalue weighted by molar-refractivity contribution is -0.154. The van der Waals surface area contributed by atoms with E-state index >= 15 is 0 Å². The van der Waals surface area contributed by atoms with Crippen LogP contribution < -0.4 is 0 Å². The molecular formula is C16H25NO5S2. The van der Waals surface area contributed by atoms with Crippen LogP contribution in [0.15, 0.2) is 0 Å². The van der Waals surface area contributed by atoms with Crippen LogP contribution in [0.1, 0.15) is 48.5 Å². The van der Waals surface area contributed by atoms with Crippen molar-refractivity contribution in [3.05, 3.63) is 0 Å². The largest absolute Gasteiger partial charge is 0.509 e. The molecule has 24 heavy (non-hydrogen) atoms. The van der Waals surface area contributed by atoms with Crippen LogP contribution in [0.2, 0.25) is 0 Å². The first-order valence-electron chi connectivity index (χ1n) is 7.98. The smallest absolute Gasteiger partial charge is 0.432 e. The van der Waals surface area contributed by atoms with Crippen molar-refractivity contribution < 1.29 is 23.9 Å². The lowest BCUT2D eigenvalue weighted by Crippen LogP contribution is -2.61. The van der Waals surface area contributed by atoms with Gasteiger partial charge >= 0.3 is 6.16 Å². The van der Waals surface area contributed by atoms with Gasteiger partial charge in [-0.1, -0.05) is 6.92 Å². The van der Waals surface area contributed by atoms with E-state index in [0.717, 1.165) is 11.8 Å². The lowest BCUT2D eigenvalue weighted by atomic mass is 9.94. The molecule has 0 aliphatic carbocycles. The van der Waals surface area contributed by atoms with Gasteiger partial charge in [0.25, 0.3) is 0 Å². The molecule has 0 bridgehead atoms. The van der Waals surface area contributed by atoms with Crippen molar-refractivity contribution in [1.29, 1.82) is 0 Å². The third-order valence-corrected chi connectivity index (χ3v) is 6.64. The summed E-state index contributed by atoms with van der Waals surface area (Å²) < 4.78 is 9.83. The molecule has 1 amide bonds. The molecule has 0 unspecified atom stereocenters. The van der Waals surface area contributed by atoms with Crippen LogP contribution in [0.4, 0.5) is 4.79 Å². The minimum Gasteiger partial charge on any atom is -0.432 e. The second-order valence-corrected chi connectivity index (χ2v) is 10.7. The first-order valence-corrected chi connectivity index (χ1v) is 9.68. The normalized spacial score (nSPS) is 28.4. The number of carbonyl (C=O) groups is 3. The van der Waals surface area contributed by atoms with Crippen molar-refractivity contribution in [1.82, 2.24) is 4.90 Å². The van der Waals surface area contributed by atoms with Gasteiger partial charge in [0.1, 0.15) is 6.04 Å². The Labute approximate surface area is 151 Å². The van der Waals surface area contributed by atoms with Gasteiger partial charge in [0, 0.05) is 4.75 Å². The zero-order valence-corrected chi connectivity index (χ0v) is 16.7. The predicted octanol–water partition coefficient (Wildman–Crippen LogP) is 3.24. The number of rotatable bonds is 4. The number of nitrogens with zero attached hydrogens (tertiary/aromatic N) is 1. The molecule has 2 aliphatic heterocycles. The molecule has 3 atom stereocenters. The monoisotopic (exact) mass is 375 g/mol. The molecule has 2 aliphatic rings. The van der Waals surface area contributed by atoms with E-state index in [9.17, 15) is 14.4 Å². The average Bonchev–Trinajstić information content (AvgIpc) is 2.64. The van der Waals surface area contributed by atoms with Crippen molar-refractivity contribution in [3.8, 4) is 0 Å². The highest BCUT2D eigenvalue weighted by molar-refractivity contribution is 8.15. The third-order valence-electron chi connectivity index (χ3n) is 3.94. The molecule has 136 valence electrons. The number of β-lactam (4-membered cyclic amide) rings is 1. The molecule has 2 rings (SSSR count). The van der Waals surface area contributed by atoms with E-state index in [0.29, 0.717) is 0 Å². The highest BCUT2D eigenvalue weighted by Gasteiger charge is 2.62. The van der Waals surface area contributed by atoms with Crippen LogP contribution in [0.3, 0.4) is 0 Å². The Balaban J connectivity index is 2.05. The van der Waals surface area contributed by atoms with Gasteiger partial charge in [-0.2, -0.15) is 0 Å². The minimum atomic E-state index is -1.07. The Bertz CT molecular complexity index is 561. The van der Waals surface area contributed by atoms with Crippen molar-refractivity contribution in [2.45, 2.75) is 75.7 Å². The lowest BCUT2D eigenvalue weighted by Gasteiger charge is -2.43. The number of fused-ring (bicyclic) bond motifs is 1. The van der Waals surface area contributed by atoms with Crippen LogP contribution in [-0.4, -0.2) is 49.3 Å². The number of carbonyl (C=O) groups excluding carboxylic acids is 3. The number of hydrogen-bond donors (Lipinski definition) is 0. The standard InChI is InChI=1S/C16H25NO5S2/c1-8(2)21-14(20)22-16(6,7)24-13(19)10-15(4,5)23-12-9(3)11(18)17(10)12/h8-10,12H,1-7H3/t9-,10+,12-/m1/s1. The van der Waals surface area contributed by atoms with E-state index in [1.165, 1.54) is 0 Å². The fourth-order valence-electron chi connectivity index (χ4n) is 2.92. The molecule has 2 heterocycles. The summed E-state index contributed by atoms with van der Waals surface area (Å²) >= 11 is 2.58. The van der Waals surface area contributed by atoms with Crippen LogP contribution in [0.25, 0.3) is 0 Å². The molecular weight excluding hydrogens is 350 g/mol. The fraction of sp³-hybridized carbons (Fsp3) is 0.812. The molecule has 0 saturated carbocycles. The zero-order chi connectivity index (χ0) is 18.4. The van der Waals surface area contributed by atoms with Crippen LogP contribution in [-0.2, 0) is 19.1 Å². The zero-order valence-electron chi connectivity index (χ0n) is 15.1. The molecule has 6 nitrogen and oxygen atoms in total. The Morgan fingerprint density at radius 3 is 2.46 bits per heavy atom. The first-order chi connectivity index (χ1) is 10.9. The van der Waals surface area contributed by atoms with Crippen molar-refractivity contribution >= 4 is 40.7 Å². The maximum Gasteiger partial charge on any atom is 0.509 e. The molecule has 0 spiro atoms. The van der Waals surface area contributed by atoms with Gasteiger partial charge in [0.05, 0.1) is 17.4 Å². The molecule has 8 heteroatoms. The minimum absolute atomic E-state index is 0.00923. The van der Waals surface area contributed by atoms with Gasteiger partial charge in [-0.05, 0) is 53.3 Å². The summed E-state index contributed by atoms with van der Waals surface area (Å²) in [5.74, 6) is -0.0441. The average molecular weight is 376 g/mol. The maximum absolute atomic E-state index is 12.8. The third kappa shape index (κ3) is 3.69. The van der Waals surface area contributed by atoms with E-state index in [-0.39, 0.29) is 33.2 Å². The van der Waals surface area contributed by atoms with Crippen molar-refractivity contribution in [3.63, 3.8) is 0 Å². The Hall–Kier alpha value is -0.890. The summed E-state index contributed by atoms with van der Waals surface area (Å²) in [6, 6.07) is -0.523. The number of hydrogen-bond acceptors (Lipinski definition) is 7. The van der Waals surface area contributed by atoms with Crippen molar-refractivity contribution in [2.75, 3.05) is 0 Å². The molecule has 2 fully saturated rings. The van der Waals surface area contributed by atoms with Crippen LogP contribution in [0, 0.1) is 5.92 Å². The van der Waals surface area contributed by atoms with Gasteiger partial charge in [0.15, 0.2) is 4.93 Å². The second-order valence-electron chi connectivity index (χ2n) is 7.39. The number of amides is 1. The maximum atomic E-state index is 12.8. The van der Waals surface area contributed by atoms with Crippen LogP contribution in [0.5, 0.6) is 0 Å². The summed E-state index contributed by atoms with van der Waals surface area (Å²) in [7, 11) is 0. The first kappa shape index (κ1) is 19.4. The molecule has 0 radical (unpaired) electrons. The van der Waals surface area contributed by atoms with Crippen LogP contribution >= 0.6 is 23.5 Å². The predicted molar refractivity (Wildman–Crippen MR) is 94.6 cm³/mol. The Morgan fingerprint density at radius 2 is 1.92 bits per heavy atom. The van der Waals surface area contributed by atoms with Gasteiger partial charge in [-0.3, -0.25) is 9.59 Å². The topological polar surface area (TPSA) is 72.9 Å². The Morgan fingerprint density at radius 1 is 1.33 bits per heavy atom. The van der Waals surface area contributed by atoms with Gasteiger partial charge in [-0.15, -0.1) is 11.8 Å². The molecule has 0 aromatic carbocycles. The second kappa shape index (κ2) is 6.44. The van der Waals surface area contributed by atoms with Gasteiger partial charge < -0.3 is 14.4 Å². The summed E-state index contributed by atoms with van der Waals surface area (Å²) in [6.07, 6.45) is -1.10. The highest BCUT2D eigenvalue weighted by atomic mass is 32.2. The summed E-state index contributed by atoms with van der Waals surface area (Å²) in [5.41, 5.74) is 0. The molecule has 0 aromatic rings. The van der Waals surface area contributed by atoms with Gasteiger partial charge in [0.2, 0.25) is 11.0 Å². The van der Waals surface area contributed by atoms with Crippen molar-refractivity contribution in [2.24, 2.45) is 5.92 Å². The van der Waals surface area contributed by atoms with E-state index in [4.69, 9.17) is 9.47 Å². The summed E-state index contributed by atoms with van der Waals surface area (Å²) in [6.45, 7) is 12.6. The number of ether oxygens (including phenoxy) is 2. The SMILES string of the molecule is CC(C)OC(=O)OC(C)(C)SC(=O)[C@@H]1N2C(=O)[C@@H](C)[C@H]2SC1(C)C. The molecule has 0 aromatic heterocycles.